The minimum atomic E-state index is -0.144. The van der Waals surface area contributed by atoms with Gasteiger partial charge in [-0.25, -0.2) is 4.98 Å². The Kier molecular flexibility index (Phi) is 5.63. The number of aromatic nitrogens is 3. The van der Waals surface area contributed by atoms with Crippen LogP contribution in [0.5, 0.6) is 0 Å². The highest BCUT2D eigenvalue weighted by molar-refractivity contribution is 7.13. The van der Waals surface area contributed by atoms with E-state index in [2.05, 4.69) is 20.5 Å². The van der Waals surface area contributed by atoms with E-state index < -0.39 is 0 Å². The van der Waals surface area contributed by atoms with Gasteiger partial charge in [0.2, 0.25) is 11.8 Å². The van der Waals surface area contributed by atoms with Crippen LogP contribution in [0.2, 0.25) is 0 Å². The number of hydrogen-bond acceptors (Lipinski definition) is 7. The zero-order valence-electron chi connectivity index (χ0n) is 17.1. The quantitative estimate of drug-likeness (QED) is 0.675. The molecule has 30 heavy (non-hydrogen) atoms. The van der Waals surface area contributed by atoms with E-state index in [9.17, 15) is 9.59 Å². The molecule has 3 aromatic rings. The molecule has 0 saturated carbocycles. The van der Waals surface area contributed by atoms with Crippen molar-refractivity contribution in [1.82, 2.24) is 25.4 Å². The number of carbonyl (C=O) groups excluding carboxylic acids is 2. The maximum absolute atomic E-state index is 13.1. The number of aryl methyl sites for hydroxylation is 3. The predicted octanol–water partition coefficient (Wildman–Crippen LogP) is 2.74. The predicted molar refractivity (Wildman–Crippen MR) is 112 cm³/mol. The fourth-order valence-corrected chi connectivity index (χ4v) is 4.66. The third kappa shape index (κ3) is 4.11. The molecule has 0 radical (unpaired) electrons. The van der Waals surface area contributed by atoms with Gasteiger partial charge in [-0.05, 0) is 26.0 Å². The summed E-state index contributed by atoms with van der Waals surface area (Å²) in [6.45, 7) is 6.85. The van der Waals surface area contributed by atoms with Crippen molar-refractivity contribution in [1.29, 1.82) is 0 Å². The van der Waals surface area contributed by atoms with Crippen LogP contribution in [0.3, 0.4) is 0 Å². The smallest absolute Gasteiger partial charge is 0.265 e. The van der Waals surface area contributed by atoms with Crippen LogP contribution in [-0.4, -0.2) is 51.5 Å². The Morgan fingerprint density at radius 2 is 1.93 bits per heavy atom. The standard InChI is InChI=1S/C21H23N5O3S/c1-12-18(30-14(3)23-12)21(28)26-10-16(17(11-26)20-25-24-13(2)29-20)9-22-19(27)15-7-5-4-6-8-15/h4-8,16-17H,9-11H2,1-3H3,(H,22,27)/t16-,17-/m0/s1. The van der Waals surface area contributed by atoms with Crippen LogP contribution in [0, 0.1) is 26.7 Å². The first kappa shape index (κ1) is 20.2. The molecule has 1 aromatic carbocycles. The highest BCUT2D eigenvalue weighted by atomic mass is 32.1. The van der Waals surface area contributed by atoms with Crippen LogP contribution in [-0.2, 0) is 0 Å². The van der Waals surface area contributed by atoms with Gasteiger partial charge in [-0.1, -0.05) is 18.2 Å². The first-order chi connectivity index (χ1) is 14.4. The molecule has 1 aliphatic rings. The van der Waals surface area contributed by atoms with Gasteiger partial charge in [0.15, 0.2) is 0 Å². The van der Waals surface area contributed by atoms with Crippen molar-refractivity contribution < 1.29 is 14.0 Å². The summed E-state index contributed by atoms with van der Waals surface area (Å²) >= 11 is 1.40. The zero-order valence-corrected chi connectivity index (χ0v) is 17.9. The Balaban J connectivity index is 1.51. The molecule has 3 heterocycles. The minimum Gasteiger partial charge on any atom is -0.425 e. The molecule has 1 aliphatic heterocycles. The third-order valence-corrected chi connectivity index (χ3v) is 6.31. The monoisotopic (exact) mass is 425 g/mol. The van der Waals surface area contributed by atoms with Crippen molar-refractivity contribution in [3.63, 3.8) is 0 Å². The molecule has 2 aromatic heterocycles. The zero-order chi connectivity index (χ0) is 21.3. The van der Waals surface area contributed by atoms with Crippen LogP contribution in [0.1, 0.15) is 48.4 Å². The fraction of sp³-hybridized carbons (Fsp3) is 0.381. The lowest BCUT2D eigenvalue weighted by molar-refractivity contribution is 0.0789. The highest BCUT2D eigenvalue weighted by Gasteiger charge is 2.40. The van der Waals surface area contributed by atoms with Crippen molar-refractivity contribution in [2.24, 2.45) is 5.92 Å². The van der Waals surface area contributed by atoms with Gasteiger partial charge < -0.3 is 14.6 Å². The number of thiazole rings is 1. The number of likely N-dealkylation sites (tertiary alicyclic amines) is 1. The molecule has 1 N–H and O–H groups in total. The van der Waals surface area contributed by atoms with E-state index in [4.69, 9.17) is 4.42 Å². The van der Waals surface area contributed by atoms with Crippen LogP contribution >= 0.6 is 11.3 Å². The van der Waals surface area contributed by atoms with E-state index in [-0.39, 0.29) is 23.7 Å². The minimum absolute atomic E-state index is 0.0317. The third-order valence-electron chi connectivity index (χ3n) is 5.25. The maximum Gasteiger partial charge on any atom is 0.265 e. The Bertz CT molecular complexity index is 1060. The molecule has 2 atom stereocenters. The number of amides is 2. The molecule has 0 spiro atoms. The lowest BCUT2D eigenvalue weighted by Crippen LogP contribution is -2.33. The van der Waals surface area contributed by atoms with Gasteiger partial charge in [0.1, 0.15) is 4.88 Å². The van der Waals surface area contributed by atoms with E-state index in [0.717, 1.165) is 10.7 Å². The summed E-state index contributed by atoms with van der Waals surface area (Å²) in [6.07, 6.45) is 0. The summed E-state index contributed by atoms with van der Waals surface area (Å²) in [7, 11) is 0. The van der Waals surface area contributed by atoms with Gasteiger partial charge >= 0.3 is 0 Å². The highest BCUT2D eigenvalue weighted by Crippen LogP contribution is 2.33. The van der Waals surface area contributed by atoms with E-state index in [1.165, 1.54) is 11.3 Å². The fourth-order valence-electron chi connectivity index (χ4n) is 3.77. The SMILES string of the molecule is Cc1nnc([C@H]2CN(C(=O)c3sc(C)nc3C)C[C@@H]2CNC(=O)c2ccccc2)o1. The van der Waals surface area contributed by atoms with E-state index in [1.807, 2.05) is 32.0 Å². The topological polar surface area (TPSA) is 101 Å². The molecule has 1 saturated heterocycles. The van der Waals surface area contributed by atoms with Gasteiger partial charge in [0.25, 0.3) is 11.8 Å². The van der Waals surface area contributed by atoms with Crippen LogP contribution in [0.4, 0.5) is 0 Å². The average molecular weight is 426 g/mol. The van der Waals surface area contributed by atoms with Crippen LogP contribution in [0.15, 0.2) is 34.7 Å². The number of carbonyl (C=O) groups is 2. The largest absolute Gasteiger partial charge is 0.425 e. The number of hydrogen-bond donors (Lipinski definition) is 1. The summed E-state index contributed by atoms with van der Waals surface area (Å²) in [6, 6.07) is 9.07. The van der Waals surface area contributed by atoms with Gasteiger partial charge in [0, 0.05) is 38.0 Å². The molecule has 1 fully saturated rings. The molecule has 8 nitrogen and oxygen atoms in total. The van der Waals surface area contributed by atoms with Crippen molar-refractivity contribution in [2.75, 3.05) is 19.6 Å². The van der Waals surface area contributed by atoms with Crippen molar-refractivity contribution in [3.05, 3.63) is 63.3 Å². The normalized spacial score (nSPS) is 18.6. The lowest BCUT2D eigenvalue weighted by Gasteiger charge is -2.16. The lowest BCUT2D eigenvalue weighted by atomic mass is 9.96. The molecule has 0 aliphatic carbocycles. The first-order valence-corrected chi connectivity index (χ1v) is 10.6. The molecule has 2 amide bonds. The summed E-state index contributed by atoms with van der Waals surface area (Å²) in [5.74, 6) is 0.622. The molecular formula is C21H23N5O3S. The van der Waals surface area contributed by atoms with Gasteiger partial charge in [-0.3, -0.25) is 9.59 Å². The number of nitrogens with zero attached hydrogens (tertiary/aromatic N) is 4. The van der Waals surface area contributed by atoms with E-state index in [1.54, 1.807) is 24.0 Å². The van der Waals surface area contributed by atoms with Crippen molar-refractivity contribution in [2.45, 2.75) is 26.7 Å². The van der Waals surface area contributed by atoms with Gasteiger partial charge in [0.05, 0.1) is 16.6 Å². The first-order valence-electron chi connectivity index (χ1n) is 9.79. The second-order valence-electron chi connectivity index (χ2n) is 7.46. The molecular weight excluding hydrogens is 402 g/mol. The van der Waals surface area contributed by atoms with E-state index >= 15 is 0 Å². The summed E-state index contributed by atoms with van der Waals surface area (Å²) < 4.78 is 5.67. The molecule has 0 unspecified atom stereocenters. The van der Waals surface area contributed by atoms with Crippen molar-refractivity contribution in [3.8, 4) is 0 Å². The maximum atomic E-state index is 13.1. The Hall–Kier alpha value is -3.07. The Labute approximate surface area is 178 Å². The van der Waals surface area contributed by atoms with Gasteiger partial charge in [-0.15, -0.1) is 21.5 Å². The summed E-state index contributed by atoms with van der Waals surface area (Å²) in [5.41, 5.74) is 1.35. The number of rotatable bonds is 5. The molecule has 9 heteroatoms. The van der Waals surface area contributed by atoms with E-state index in [0.29, 0.717) is 41.9 Å². The molecule has 4 rings (SSSR count). The van der Waals surface area contributed by atoms with Crippen LogP contribution in [0.25, 0.3) is 0 Å². The summed E-state index contributed by atoms with van der Waals surface area (Å²) in [4.78, 5) is 32.4. The average Bonchev–Trinajstić information content (AvgIpc) is 3.44. The second-order valence-corrected chi connectivity index (χ2v) is 8.66. The molecule has 156 valence electrons. The number of nitrogens with one attached hydrogen (secondary N) is 1. The van der Waals surface area contributed by atoms with Gasteiger partial charge in [-0.2, -0.15) is 0 Å². The Morgan fingerprint density at radius 1 is 1.17 bits per heavy atom. The van der Waals surface area contributed by atoms with Crippen LogP contribution < -0.4 is 5.32 Å². The summed E-state index contributed by atoms with van der Waals surface area (Å²) in [5, 5.41) is 12.0. The molecule has 0 bridgehead atoms. The Morgan fingerprint density at radius 3 is 2.57 bits per heavy atom. The second kappa shape index (κ2) is 8.35. The van der Waals surface area contributed by atoms with Crippen molar-refractivity contribution >= 4 is 23.2 Å². The number of benzene rings is 1.